The second-order valence-electron chi connectivity index (χ2n) is 10.1. The summed E-state index contributed by atoms with van der Waals surface area (Å²) in [7, 11) is 0. The number of halogens is 1. The van der Waals surface area contributed by atoms with Crippen LogP contribution in [0.2, 0.25) is 0 Å². The molecule has 0 aromatic heterocycles. The van der Waals surface area contributed by atoms with Gasteiger partial charge in [0, 0.05) is 16.6 Å². The molecule has 0 aliphatic carbocycles. The fourth-order valence-corrected chi connectivity index (χ4v) is 4.32. The van der Waals surface area contributed by atoms with Crippen LogP contribution in [0, 0.1) is 0 Å². The van der Waals surface area contributed by atoms with Gasteiger partial charge >= 0.3 is 0 Å². The van der Waals surface area contributed by atoms with Crippen molar-refractivity contribution in [3.8, 4) is 5.75 Å². The molecule has 1 aromatic rings. The maximum Gasteiger partial charge on any atom is 0.257 e. The monoisotopic (exact) mass is 509 g/mol. The molecule has 0 spiro atoms. The number of carbonyl (C=O) groups excluding carboxylic acids is 1. The Morgan fingerprint density at radius 3 is 1.84 bits per heavy atom. The lowest BCUT2D eigenvalue weighted by atomic mass is 9.86. The normalized spacial score (nSPS) is 11.5. The smallest absolute Gasteiger partial charge is 0.257 e. The van der Waals surface area contributed by atoms with E-state index in [1.54, 1.807) is 0 Å². The van der Waals surface area contributed by atoms with E-state index in [1.807, 2.05) is 12.1 Å². The zero-order chi connectivity index (χ0) is 23.7. The minimum absolute atomic E-state index is 0.0379. The fraction of sp³-hybridized carbons (Fsp3) is 0.750. The molecule has 0 unspecified atom stereocenters. The summed E-state index contributed by atoms with van der Waals surface area (Å²) in [6.07, 6.45) is 18.9. The van der Waals surface area contributed by atoms with Gasteiger partial charge in [-0.05, 0) is 30.0 Å². The molecule has 1 aromatic carbocycles. The van der Waals surface area contributed by atoms with Gasteiger partial charge in [0.2, 0.25) is 0 Å². The highest BCUT2D eigenvalue weighted by molar-refractivity contribution is 9.10. The molecule has 4 heteroatoms. The highest BCUT2D eigenvalue weighted by atomic mass is 79.9. The number of ether oxygens (including phenoxy) is 1. The molecule has 0 saturated heterocycles. The molecule has 1 rings (SSSR count). The molecule has 0 fully saturated rings. The van der Waals surface area contributed by atoms with Gasteiger partial charge in [0.25, 0.3) is 5.91 Å². The van der Waals surface area contributed by atoms with Gasteiger partial charge in [0.05, 0.1) is 0 Å². The largest absolute Gasteiger partial charge is 0.483 e. The third-order valence-corrected chi connectivity index (χ3v) is 6.45. The topological polar surface area (TPSA) is 38.3 Å². The maximum atomic E-state index is 12.1. The van der Waals surface area contributed by atoms with Crippen molar-refractivity contribution >= 4 is 21.8 Å². The molecular weight excluding hydrogens is 462 g/mol. The molecule has 0 atom stereocenters. The molecule has 1 N–H and O–H groups in total. The molecule has 0 aliphatic rings. The molecule has 184 valence electrons. The van der Waals surface area contributed by atoms with Crippen molar-refractivity contribution in [3.05, 3.63) is 28.2 Å². The predicted molar refractivity (Wildman–Crippen MR) is 142 cm³/mol. The van der Waals surface area contributed by atoms with Gasteiger partial charge in [-0.1, -0.05) is 127 Å². The molecule has 32 heavy (non-hydrogen) atoms. The van der Waals surface area contributed by atoms with Crippen LogP contribution in [0.1, 0.15) is 123 Å². The molecular formula is C28H48BrNO2. The fourth-order valence-electron chi connectivity index (χ4n) is 3.96. The van der Waals surface area contributed by atoms with Gasteiger partial charge < -0.3 is 10.1 Å². The SMILES string of the molecule is CCCCCCCCCCCCCCCCNC(=O)COc1ccc(Br)cc1C(C)(C)C. The lowest BCUT2D eigenvalue weighted by Gasteiger charge is -2.23. The Morgan fingerprint density at radius 2 is 1.34 bits per heavy atom. The van der Waals surface area contributed by atoms with E-state index in [0.29, 0.717) is 0 Å². The Kier molecular flexibility index (Phi) is 15.8. The first-order valence-corrected chi connectivity index (χ1v) is 13.8. The number of nitrogens with one attached hydrogen (secondary N) is 1. The van der Waals surface area contributed by atoms with Crippen molar-refractivity contribution in [1.82, 2.24) is 5.32 Å². The lowest BCUT2D eigenvalue weighted by Crippen LogP contribution is -2.30. The molecule has 3 nitrogen and oxygen atoms in total. The van der Waals surface area contributed by atoms with Crippen LogP contribution in [0.15, 0.2) is 22.7 Å². The van der Waals surface area contributed by atoms with E-state index in [9.17, 15) is 4.79 Å². The zero-order valence-corrected chi connectivity index (χ0v) is 22.8. The first-order chi connectivity index (χ1) is 15.3. The minimum atomic E-state index is -0.0394. The van der Waals surface area contributed by atoms with Gasteiger partial charge in [-0.2, -0.15) is 0 Å². The van der Waals surface area contributed by atoms with Crippen LogP contribution in [0.3, 0.4) is 0 Å². The molecule has 0 bridgehead atoms. The molecule has 0 heterocycles. The highest BCUT2D eigenvalue weighted by Crippen LogP contribution is 2.33. The first-order valence-electron chi connectivity index (χ1n) is 13.0. The Morgan fingerprint density at radius 1 is 0.844 bits per heavy atom. The first kappa shape index (κ1) is 29.0. The number of amides is 1. The number of rotatable bonds is 18. The average molecular weight is 511 g/mol. The van der Waals surface area contributed by atoms with Crippen LogP contribution in [0.4, 0.5) is 0 Å². The van der Waals surface area contributed by atoms with E-state index < -0.39 is 0 Å². The van der Waals surface area contributed by atoms with Gasteiger partial charge in [-0.15, -0.1) is 0 Å². The van der Waals surface area contributed by atoms with E-state index in [2.05, 4.69) is 55.0 Å². The van der Waals surface area contributed by atoms with Gasteiger partial charge in [-0.3, -0.25) is 4.79 Å². The number of carbonyl (C=O) groups is 1. The Balaban J connectivity index is 2.00. The Labute approximate surface area is 206 Å². The van der Waals surface area contributed by atoms with E-state index in [0.717, 1.165) is 28.8 Å². The van der Waals surface area contributed by atoms with Crippen LogP contribution in [-0.4, -0.2) is 19.1 Å². The molecule has 0 saturated carbocycles. The quantitative estimate of drug-likeness (QED) is 0.201. The summed E-state index contributed by atoms with van der Waals surface area (Å²) in [4.78, 5) is 12.1. The van der Waals surface area contributed by atoms with E-state index >= 15 is 0 Å². The van der Waals surface area contributed by atoms with Crippen molar-refractivity contribution in [2.24, 2.45) is 0 Å². The molecule has 0 aliphatic heterocycles. The predicted octanol–water partition coefficient (Wildman–Crippen LogP) is 8.72. The number of unbranched alkanes of at least 4 members (excludes halogenated alkanes) is 13. The van der Waals surface area contributed by atoms with Crippen molar-refractivity contribution in [3.63, 3.8) is 0 Å². The van der Waals surface area contributed by atoms with E-state index in [4.69, 9.17) is 4.74 Å². The summed E-state index contributed by atoms with van der Waals surface area (Å²) >= 11 is 3.52. The summed E-state index contributed by atoms with van der Waals surface area (Å²) in [6.45, 7) is 9.54. The lowest BCUT2D eigenvalue weighted by molar-refractivity contribution is -0.123. The second kappa shape index (κ2) is 17.4. The zero-order valence-electron chi connectivity index (χ0n) is 21.2. The summed E-state index contributed by atoms with van der Waals surface area (Å²) in [5, 5.41) is 2.99. The number of hydrogen-bond donors (Lipinski definition) is 1. The summed E-state index contributed by atoms with van der Waals surface area (Å²) in [5.74, 6) is 0.745. The van der Waals surface area contributed by atoms with E-state index in [1.165, 1.54) is 83.5 Å². The standard InChI is InChI=1S/C28H48BrNO2/c1-5-6-7-8-9-10-11-12-13-14-15-16-17-18-21-30-27(31)23-32-26-20-19-24(29)22-25(26)28(2,3)4/h19-20,22H,5-18,21,23H2,1-4H3,(H,30,31). The summed E-state index contributed by atoms with van der Waals surface area (Å²) in [5.41, 5.74) is 1.07. The third-order valence-electron chi connectivity index (χ3n) is 5.96. The maximum absolute atomic E-state index is 12.1. The third kappa shape index (κ3) is 14.2. The van der Waals surface area contributed by atoms with Crippen LogP contribution < -0.4 is 10.1 Å². The Bertz CT molecular complexity index is 624. The highest BCUT2D eigenvalue weighted by Gasteiger charge is 2.19. The van der Waals surface area contributed by atoms with Crippen LogP contribution in [0.25, 0.3) is 0 Å². The van der Waals surface area contributed by atoms with Crippen molar-refractivity contribution in [2.45, 2.75) is 123 Å². The van der Waals surface area contributed by atoms with E-state index in [-0.39, 0.29) is 17.9 Å². The number of benzene rings is 1. The Hall–Kier alpha value is -1.03. The molecule has 0 radical (unpaired) electrons. The summed E-state index contributed by atoms with van der Waals surface area (Å²) < 4.78 is 6.85. The van der Waals surface area contributed by atoms with Crippen LogP contribution >= 0.6 is 15.9 Å². The average Bonchev–Trinajstić information content (AvgIpc) is 2.75. The van der Waals surface area contributed by atoms with Crippen molar-refractivity contribution in [1.29, 1.82) is 0 Å². The van der Waals surface area contributed by atoms with Gasteiger partial charge in [-0.25, -0.2) is 0 Å². The van der Waals surface area contributed by atoms with Crippen molar-refractivity contribution < 1.29 is 9.53 Å². The van der Waals surface area contributed by atoms with Crippen LogP contribution in [0.5, 0.6) is 5.75 Å². The minimum Gasteiger partial charge on any atom is -0.483 e. The number of hydrogen-bond acceptors (Lipinski definition) is 2. The van der Waals surface area contributed by atoms with Crippen LogP contribution in [-0.2, 0) is 10.2 Å². The van der Waals surface area contributed by atoms with Crippen molar-refractivity contribution in [2.75, 3.05) is 13.2 Å². The van der Waals surface area contributed by atoms with Gasteiger partial charge in [0.15, 0.2) is 6.61 Å². The molecule has 1 amide bonds. The second-order valence-corrected chi connectivity index (χ2v) is 11.0. The summed E-state index contributed by atoms with van der Waals surface area (Å²) in [6, 6.07) is 5.96. The van der Waals surface area contributed by atoms with Gasteiger partial charge in [0.1, 0.15) is 5.75 Å².